The fourth-order valence-electron chi connectivity index (χ4n) is 4.40. The molecule has 35 heavy (non-hydrogen) atoms. The minimum atomic E-state index is -0.739. The van der Waals surface area contributed by atoms with Crippen LogP contribution < -0.4 is 0 Å². The van der Waals surface area contributed by atoms with E-state index in [4.69, 9.17) is 4.52 Å². The average Bonchev–Trinajstić information content (AvgIpc) is 3.63. The fraction of sp³-hybridized carbons (Fsp3) is 0.241. The molecule has 0 spiro atoms. The maximum Gasteiger partial charge on any atom is 0.314 e. The monoisotopic (exact) mass is 485 g/mol. The molecule has 1 aliphatic carbocycles. The van der Waals surface area contributed by atoms with Gasteiger partial charge in [-0.2, -0.15) is 0 Å². The maximum absolute atomic E-state index is 11.6. The lowest BCUT2D eigenvalue weighted by atomic mass is 9.93. The molecule has 1 aromatic heterocycles. The van der Waals surface area contributed by atoms with Gasteiger partial charge in [-0.3, -0.25) is 4.79 Å². The number of thioether (sulfide) groups is 1. The van der Waals surface area contributed by atoms with Crippen molar-refractivity contribution < 1.29 is 19.5 Å². The Kier molecular flexibility index (Phi) is 6.50. The van der Waals surface area contributed by atoms with Crippen molar-refractivity contribution in [2.45, 2.75) is 42.8 Å². The third-order valence-electron chi connectivity index (χ3n) is 6.73. The molecule has 1 atom stereocenters. The van der Waals surface area contributed by atoms with Crippen LogP contribution in [0.4, 0.5) is 0 Å². The van der Waals surface area contributed by atoms with Gasteiger partial charge in [0.05, 0.1) is 11.1 Å². The number of hydrogen-bond donors (Lipinski definition) is 2. The molecule has 0 aliphatic heterocycles. The van der Waals surface area contributed by atoms with Crippen LogP contribution in [0, 0.1) is 6.92 Å². The van der Waals surface area contributed by atoms with Crippen molar-refractivity contribution in [3.8, 4) is 22.5 Å². The molecule has 1 aliphatic rings. The molecule has 0 unspecified atom stereocenters. The van der Waals surface area contributed by atoms with E-state index in [2.05, 4.69) is 17.3 Å². The quantitative estimate of drug-likeness (QED) is 0.274. The molecular formula is C29H27NO4S. The summed E-state index contributed by atoms with van der Waals surface area (Å²) < 4.78 is 5.65. The highest BCUT2D eigenvalue weighted by Gasteiger charge is 2.51. The van der Waals surface area contributed by atoms with Crippen molar-refractivity contribution in [1.29, 1.82) is 0 Å². The summed E-state index contributed by atoms with van der Waals surface area (Å²) in [5.74, 6) is 0.681. The Balaban J connectivity index is 1.29. The van der Waals surface area contributed by atoms with Gasteiger partial charge in [0.2, 0.25) is 0 Å². The van der Waals surface area contributed by atoms with E-state index >= 15 is 0 Å². The van der Waals surface area contributed by atoms with Gasteiger partial charge < -0.3 is 14.7 Å². The van der Waals surface area contributed by atoms with E-state index in [1.165, 1.54) is 17.3 Å². The molecule has 6 heteroatoms. The van der Waals surface area contributed by atoms with Crippen LogP contribution in [0.2, 0.25) is 0 Å². The molecule has 0 amide bonds. The Bertz CT molecular complexity index is 1310. The average molecular weight is 486 g/mol. The first-order valence-corrected chi connectivity index (χ1v) is 12.7. The maximum atomic E-state index is 11.6. The first kappa shape index (κ1) is 23.4. The topological polar surface area (TPSA) is 83.6 Å². The minimum Gasteiger partial charge on any atom is -0.481 e. The second-order valence-electron chi connectivity index (χ2n) is 9.07. The summed E-state index contributed by atoms with van der Waals surface area (Å²) in [7, 11) is 0. The number of benzene rings is 3. The summed E-state index contributed by atoms with van der Waals surface area (Å²) in [6.45, 7) is 1.90. The number of carbonyl (C=O) groups is 1. The Labute approximate surface area is 208 Å². The van der Waals surface area contributed by atoms with Crippen LogP contribution in [0.15, 0.2) is 83.4 Å². The molecule has 5 nitrogen and oxygen atoms in total. The number of nitrogens with zero attached hydrogens (tertiary/aromatic N) is 1. The highest BCUT2D eigenvalue weighted by Crippen LogP contribution is 2.48. The van der Waals surface area contributed by atoms with Crippen molar-refractivity contribution in [2.24, 2.45) is 0 Å². The number of hydrogen-bond acceptors (Lipinski definition) is 5. The molecule has 3 aromatic carbocycles. The predicted octanol–water partition coefficient (Wildman–Crippen LogP) is 6.23. The normalized spacial score (nSPS) is 15.0. The van der Waals surface area contributed by atoms with Crippen molar-refractivity contribution in [1.82, 2.24) is 5.16 Å². The van der Waals surface area contributed by atoms with E-state index in [1.54, 1.807) is 0 Å². The molecule has 0 radical (unpaired) electrons. The van der Waals surface area contributed by atoms with Crippen LogP contribution in [-0.4, -0.2) is 26.8 Å². The SMILES string of the molecule is Cc1noc(-c2ccc(-c3ccc(C4(C(=O)O)CC4)cc3)cc2)c1C[C@@H](O)SCc1ccccc1. The van der Waals surface area contributed by atoms with Gasteiger partial charge in [-0.1, -0.05) is 84.0 Å². The highest BCUT2D eigenvalue weighted by atomic mass is 32.2. The van der Waals surface area contributed by atoms with Crippen molar-refractivity contribution in [3.05, 3.63) is 101 Å². The summed E-state index contributed by atoms with van der Waals surface area (Å²) >= 11 is 1.50. The van der Waals surface area contributed by atoms with Crippen LogP contribution in [0.5, 0.6) is 0 Å². The molecule has 1 fully saturated rings. The molecule has 0 bridgehead atoms. The number of aromatic nitrogens is 1. The molecule has 4 aromatic rings. The molecule has 178 valence electrons. The number of aliphatic hydroxyl groups excluding tert-OH is 1. The summed E-state index contributed by atoms with van der Waals surface area (Å²) in [5.41, 5.74) is 5.47. The summed E-state index contributed by atoms with van der Waals surface area (Å²) in [6, 6.07) is 26.0. The van der Waals surface area contributed by atoms with E-state index in [9.17, 15) is 15.0 Å². The Morgan fingerprint density at radius 2 is 1.57 bits per heavy atom. The van der Waals surface area contributed by atoms with E-state index in [0.717, 1.165) is 39.3 Å². The first-order valence-electron chi connectivity index (χ1n) is 11.7. The van der Waals surface area contributed by atoms with Gasteiger partial charge in [-0.05, 0) is 42.0 Å². The first-order chi connectivity index (χ1) is 17.0. The highest BCUT2D eigenvalue weighted by molar-refractivity contribution is 7.98. The second kappa shape index (κ2) is 9.72. The minimum absolute atomic E-state index is 0.455. The fourth-order valence-corrected chi connectivity index (χ4v) is 5.26. The predicted molar refractivity (Wildman–Crippen MR) is 138 cm³/mol. The van der Waals surface area contributed by atoms with Gasteiger partial charge in [-0.25, -0.2) is 0 Å². The Morgan fingerprint density at radius 1 is 0.971 bits per heavy atom. The van der Waals surface area contributed by atoms with Crippen molar-refractivity contribution in [3.63, 3.8) is 0 Å². The lowest BCUT2D eigenvalue weighted by molar-refractivity contribution is -0.140. The van der Waals surface area contributed by atoms with Crippen LogP contribution >= 0.6 is 11.8 Å². The van der Waals surface area contributed by atoms with Crippen LogP contribution in [0.25, 0.3) is 22.5 Å². The smallest absolute Gasteiger partial charge is 0.314 e. The zero-order valence-electron chi connectivity index (χ0n) is 19.5. The standard InChI is InChI=1S/C29H27NO4S/c1-19-25(17-26(31)35-18-20-5-3-2-4-6-20)27(34-30-19)23-9-7-21(8-10-23)22-11-13-24(14-12-22)29(15-16-29)28(32)33/h2-14,26,31H,15-18H2,1H3,(H,32,33)/t26-/m0/s1. The number of carboxylic acids is 1. The number of aryl methyl sites for hydroxylation is 1. The summed E-state index contributed by atoms with van der Waals surface area (Å²) in [6.07, 6.45) is 1.86. The third-order valence-corrected chi connectivity index (χ3v) is 7.78. The van der Waals surface area contributed by atoms with E-state index in [0.29, 0.717) is 25.0 Å². The summed E-state index contributed by atoms with van der Waals surface area (Å²) in [4.78, 5) is 11.6. The van der Waals surface area contributed by atoms with Crippen LogP contribution in [0.3, 0.4) is 0 Å². The van der Waals surface area contributed by atoms with Crippen LogP contribution in [-0.2, 0) is 22.4 Å². The van der Waals surface area contributed by atoms with Gasteiger partial charge in [0.1, 0.15) is 5.44 Å². The second-order valence-corrected chi connectivity index (χ2v) is 10.2. The number of carboxylic acid groups (broad SMARTS) is 1. The molecule has 2 N–H and O–H groups in total. The molecule has 0 saturated heterocycles. The number of aliphatic carboxylic acids is 1. The van der Waals surface area contributed by atoms with E-state index in [1.807, 2.05) is 73.7 Å². The van der Waals surface area contributed by atoms with Gasteiger partial charge >= 0.3 is 5.97 Å². The molecule has 5 rings (SSSR count). The molecule has 1 heterocycles. The molecule has 1 saturated carbocycles. The van der Waals surface area contributed by atoms with E-state index in [-0.39, 0.29) is 0 Å². The van der Waals surface area contributed by atoms with Gasteiger partial charge in [0, 0.05) is 23.3 Å². The Hall–Kier alpha value is -3.35. The van der Waals surface area contributed by atoms with Crippen molar-refractivity contribution in [2.75, 3.05) is 0 Å². The third kappa shape index (κ3) is 4.90. The lowest BCUT2D eigenvalue weighted by Gasteiger charge is -2.12. The Morgan fingerprint density at radius 3 is 2.17 bits per heavy atom. The van der Waals surface area contributed by atoms with E-state index < -0.39 is 16.8 Å². The molecular weight excluding hydrogens is 458 g/mol. The largest absolute Gasteiger partial charge is 0.481 e. The van der Waals surface area contributed by atoms with Crippen molar-refractivity contribution >= 4 is 17.7 Å². The van der Waals surface area contributed by atoms with Crippen LogP contribution in [0.1, 0.15) is 35.2 Å². The summed E-state index contributed by atoms with van der Waals surface area (Å²) in [5, 5.41) is 24.3. The zero-order chi connectivity index (χ0) is 24.4. The van der Waals surface area contributed by atoms with Gasteiger partial charge in [0.25, 0.3) is 0 Å². The number of aliphatic hydroxyl groups is 1. The number of rotatable bonds is 9. The van der Waals surface area contributed by atoms with Gasteiger partial charge in [0.15, 0.2) is 5.76 Å². The lowest BCUT2D eigenvalue weighted by Crippen LogP contribution is -2.19. The zero-order valence-corrected chi connectivity index (χ0v) is 20.3. The van der Waals surface area contributed by atoms with Gasteiger partial charge in [-0.15, -0.1) is 11.8 Å².